The summed E-state index contributed by atoms with van der Waals surface area (Å²) in [5.74, 6) is -2.88. The molecule has 3 rings (SSSR count). The van der Waals surface area contributed by atoms with E-state index < -0.39 is 41.0 Å². The highest BCUT2D eigenvalue weighted by Gasteiger charge is 2.45. The van der Waals surface area contributed by atoms with Crippen LogP contribution in [0.15, 0.2) is 42.5 Å². The average molecular weight is 461 g/mol. The van der Waals surface area contributed by atoms with Crippen molar-refractivity contribution in [1.82, 2.24) is 10.4 Å². The number of hydrazine groups is 1. The van der Waals surface area contributed by atoms with Gasteiger partial charge in [0.15, 0.2) is 0 Å². The highest BCUT2D eigenvalue weighted by atomic mass is 35.5. The molecule has 1 atom stereocenters. The van der Waals surface area contributed by atoms with Crippen molar-refractivity contribution in [1.29, 1.82) is 0 Å². The van der Waals surface area contributed by atoms with E-state index in [1.807, 2.05) is 0 Å². The Morgan fingerprint density at radius 1 is 1.22 bits per heavy atom. The molecule has 0 spiro atoms. The maximum atomic E-state index is 13.1. The van der Waals surface area contributed by atoms with Gasteiger partial charge < -0.3 is 4.74 Å². The van der Waals surface area contributed by atoms with Crippen LogP contribution in [0, 0.1) is 10.1 Å². The highest BCUT2D eigenvalue weighted by molar-refractivity contribution is 6.30. The van der Waals surface area contributed by atoms with E-state index in [9.17, 15) is 29.3 Å². The fourth-order valence-corrected chi connectivity index (χ4v) is 3.31. The number of hydrogen-bond donors (Lipinski definition) is 1. The fraction of sp³-hybridized carbons (Fsp3) is 0.200. The number of ether oxygens (including phenoxy) is 1. The molecular formula is C20H17ClN4O7. The molecule has 1 saturated heterocycles. The van der Waals surface area contributed by atoms with Gasteiger partial charge in [0.25, 0.3) is 17.5 Å². The van der Waals surface area contributed by atoms with Crippen molar-refractivity contribution in [2.24, 2.45) is 0 Å². The molecule has 0 bridgehead atoms. The molecule has 0 aliphatic carbocycles. The van der Waals surface area contributed by atoms with Crippen LogP contribution in [-0.4, -0.2) is 46.7 Å². The quantitative estimate of drug-likeness (QED) is 0.409. The predicted molar refractivity (Wildman–Crippen MR) is 112 cm³/mol. The Morgan fingerprint density at radius 2 is 1.88 bits per heavy atom. The minimum Gasteiger partial charge on any atom is -0.494 e. The van der Waals surface area contributed by atoms with Gasteiger partial charge in [-0.1, -0.05) is 11.6 Å². The number of nitro benzene ring substituents is 1. The van der Waals surface area contributed by atoms with Crippen LogP contribution in [0.25, 0.3) is 0 Å². The maximum absolute atomic E-state index is 13.1. The lowest BCUT2D eigenvalue weighted by molar-refractivity contribution is -0.384. The molecule has 0 saturated carbocycles. The molecule has 1 N–H and O–H groups in total. The fourth-order valence-electron chi connectivity index (χ4n) is 3.19. The summed E-state index contributed by atoms with van der Waals surface area (Å²) in [5, 5.41) is 12.2. The minimum absolute atomic E-state index is 0.0110. The second-order valence-electron chi connectivity index (χ2n) is 6.74. The van der Waals surface area contributed by atoms with Crippen LogP contribution >= 0.6 is 11.6 Å². The Morgan fingerprint density at radius 3 is 2.44 bits per heavy atom. The van der Waals surface area contributed by atoms with Crippen molar-refractivity contribution in [2.45, 2.75) is 19.4 Å². The van der Waals surface area contributed by atoms with Crippen LogP contribution < -0.4 is 15.1 Å². The van der Waals surface area contributed by atoms with Crippen LogP contribution in [0.2, 0.25) is 5.02 Å². The second kappa shape index (κ2) is 9.02. The zero-order valence-electron chi connectivity index (χ0n) is 16.9. The average Bonchev–Trinajstić information content (AvgIpc) is 3.04. The number of amides is 4. The molecule has 0 radical (unpaired) electrons. The van der Waals surface area contributed by atoms with Crippen molar-refractivity contribution in [3.63, 3.8) is 0 Å². The van der Waals surface area contributed by atoms with E-state index >= 15 is 0 Å². The van der Waals surface area contributed by atoms with Gasteiger partial charge in [-0.2, -0.15) is 0 Å². The van der Waals surface area contributed by atoms with Crippen LogP contribution in [0.3, 0.4) is 0 Å². The summed E-state index contributed by atoms with van der Waals surface area (Å²) in [6.45, 7) is 1.13. The number of nitro groups is 1. The molecule has 4 amide bonds. The molecular weight excluding hydrogens is 444 g/mol. The van der Waals surface area contributed by atoms with Crippen LogP contribution in [0.5, 0.6) is 5.75 Å². The number of anilines is 1. The first-order valence-electron chi connectivity index (χ1n) is 9.19. The number of carbonyl (C=O) groups excluding carboxylic acids is 4. The van der Waals surface area contributed by atoms with E-state index in [1.54, 1.807) is 0 Å². The molecule has 2 aromatic rings. The monoisotopic (exact) mass is 460 g/mol. The van der Waals surface area contributed by atoms with Crippen LogP contribution in [0.1, 0.15) is 23.7 Å². The van der Waals surface area contributed by atoms with Crippen molar-refractivity contribution < 1.29 is 28.8 Å². The second-order valence-corrected chi connectivity index (χ2v) is 7.17. The number of halogens is 1. The Bertz CT molecular complexity index is 1120. The number of non-ortho nitro benzene ring substituents is 1. The summed E-state index contributed by atoms with van der Waals surface area (Å²) in [4.78, 5) is 61.6. The zero-order chi connectivity index (χ0) is 23.6. The third-order valence-electron chi connectivity index (χ3n) is 4.72. The van der Waals surface area contributed by atoms with Crippen molar-refractivity contribution in [3.8, 4) is 5.75 Å². The van der Waals surface area contributed by atoms with E-state index in [0.29, 0.717) is 5.02 Å². The molecule has 1 unspecified atom stereocenters. The number of nitrogens with one attached hydrogen (secondary N) is 1. The van der Waals surface area contributed by atoms with Gasteiger partial charge in [0, 0.05) is 23.6 Å². The first-order valence-corrected chi connectivity index (χ1v) is 9.57. The molecule has 1 heterocycles. The van der Waals surface area contributed by atoms with Gasteiger partial charge in [0.2, 0.25) is 11.8 Å². The van der Waals surface area contributed by atoms with Crippen LogP contribution in [0.4, 0.5) is 11.4 Å². The number of carbonyl (C=O) groups is 4. The lowest BCUT2D eigenvalue weighted by Gasteiger charge is -2.26. The topological polar surface area (TPSA) is 139 Å². The van der Waals surface area contributed by atoms with Crippen molar-refractivity contribution in [3.05, 3.63) is 63.2 Å². The normalized spacial score (nSPS) is 15.5. The van der Waals surface area contributed by atoms with E-state index in [1.165, 1.54) is 37.4 Å². The predicted octanol–water partition coefficient (Wildman–Crippen LogP) is 2.08. The van der Waals surface area contributed by atoms with E-state index in [0.717, 1.165) is 29.0 Å². The zero-order valence-corrected chi connectivity index (χ0v) is 17.7. The number of imide groups is 1. The molecule has 12 heteroatoms. The first-order chi connectivity index (χ1) is 15.1. The summed E-state index contributed by atoms with van der Waals surface area (Å²) in [6, 6.07) is 7.95. The summed E-state index contributed by atoms with van der Waals surface area (Å²) < 4.78 is 5.11. The van der Waals surface area contributed by atoms with Crippen LogP contribution in [-0.2, 0) is 14.4 Å². The summed E-state index contributed by atoms with van der Waals surface area (Å²) >= 11 is 5.81. The number of methoxy groups -OCH3 is 1. The lowest BCUT2D eigenvalue weighted by Crippen LogP contribution is -2.54. The molecule has 1 aliphatic rings. The molecule has 166 valence electrons. The third-order valence-corrected chi connectivity index (χ3v) is 4.97. The van der Waals surface area contributed by atoms with Gasteiger partial charge in [-0.3, -0.25) is 34.7 Å². The number of rotatable bonds is 5. The molecule has 2 aromatic carbocycles. The van der Waals surface area contributed by atoms with Gasteiger partial charge in [0.1, 0.15) is 11.8 Å². The first kappa shape index (κ1) is 22.7. The number of nitrogens with zero attached hydrogens (tertiary/aromatic N) is 3. The highest BCUT2D eigenvalue weighted by Crippen LogP contribution is 2.35. The van der Waals surface area contributed by atoms with Gasteiger partial charge in [-0.05, 0) is 30.3 Å². The van der Waals surface area contributed by atoms with Gasteiger partial charge in [-0.15, -0.1) is 0 Å². The largest absolute Gasteiger partial charge is 0.494 e. The van der Waals surface area contributed by atoms with E-state index in [4.69, 9.17) is 16.3 Å². The Balaban J connectivity index is 1.89. The smallest absolute Gasteiger partial charge is 0.273 e. The Labute approximate surface area is 186 Å². The van der Waals surface area contributed by atoms with Crippen molar-refractivity contribution in [2.75, 3.05) is 12.0 Å². The minimum atomic E-state index is -1.31. The van der Waals surface area contributed by atoms with Gasteiger partial charge >= 0.3 is 0 Å². The Hall–Kier alpha value is -3.99. The summed E-state index contributed by atoms with van der Waals surface area (Å²) in [7, 11) is 1.24. The van der Waals surface area contributed by atoms with Gasteiger partial charge in [-0.25, -0.2) is 9.91 Å². The molecule has 32 heavy (non-hydrogen) atoms. The molecule has 11 nitrogen and oxygen atoms in total. The Kier molecular flexibility index (Phi) is 6.40. The van der Waals surface area contributed by atoms with Crippen molar-refractivity contribution >= 4 is 46.6 Å². The standard InChI is InChI=1S/C20H17ClN4O7/c1-11(26)24(22-19(28)12-3-5-13(21)6-4-12)16-10-18(27)23(20(16)29)15-8-7-14(25(30)31)9-17(15)32-2/h3-9,16H,10H2,1-2H3,(H,22,28). The third kappa shape index (κ3) is 4.37. The lowest BCUT2D eigenvalue weighted by atomic mass is 10.2. The van der Waals surface area contributed by atoms with Gasteiger partial charge in [0.05, 0.1) is 30.2 Å². The van der Waals surface area contributed by atoms with E-state index in [-0.39, 0.29) is 22.7 Å². The molecule has 0 aromatic heterocycles. The summed E-state index contributed by atoms with van der Waals surface area (Å²) in [5.41, 5.74) is 2.24. The molecule has 1 aliphatic heterocycles. The van der Waals surface area contributed by atoms with E-state index in [2.05, 4.69) is 5.43 Å². The SMILES string of the molecule is COc1cc([N+](=O)[O-])ccc1N1C(=O)CC(N(NC(=O)c2ccc(Cl)cc2)C(C)=O)C1=O. The number of hydrogen-bond acceptors (Lipinski definition) is 7. The molecule has 1 fully saturated rings. The number of benzene rings is 2. The maximum Gasteiger partial charge on any atom is 0.273 e. The summed E-state index contributed by atoms with van der Waals surface area (Å²) in [6.07, 6.45) is -0.403.